The van der Waals surface area contributed by atoms with Crippen LogP contribution < -0.4 is 4.74 Å². The number of carbonyl (C=O) groups excluding carboxylic acids is 2. The Labute approximate surface area is 204 Å². The SMILES string of the molecule is COc1ccc2[nH]cc(CCN3C(=O)C(O)=C(C(=O)c4ccco4)C3c3cccc([N+](=O)[O-])c3)c2c1. The third-order valence-electron chi connectivity index (χ3n) is 6.29. The summed E-state index contributed by atoms with van der Waals surface area (Å²) in [5, 5.41) is 23.1. The Kier molecular flexibility index (Phi) is 5.77. The molecule has 1 aliphatic rings. The Morgan fingerprint density at radius 1 is 1.22 bits per heavy atom. The minimum atomic E-state index is -1.03. The van der Waals surface area contributed by atoms with E-state index in [-0.39, 0.29) is 23.6 Å². The molecule has 2 aromatic carbocycles. The number of aliphatic hydroxyl groups is 1. The number of ketones is 1. The highest BCUT2D eigenvalue weighted by molar-refractivity contribution is 6.15. The number of nitrogens with one attached hydrogen (secondary N) is 1. The van der Waals surface area contributed by atoms with Crippen LogP contribution in [-0.2, 0) is 11.2 Å². The summed E-state index contributed by atoms with van der Waals surface area (Å²) in [6.07, 6.45) is 3.53. The fraction of sp³-hybridized carbons (Fsp3) is 0.154. The van der Waals surface area contributed by atoms with Gasteiger partial charge in [0.1, 0.15) is 5.75 Å². The molecule has 5 rings (SSSR count). The van der Waals surface area contributed by atoms with Gasteiger partial charge in [0.25, 0.3) is 11.6 Å². The van der Waals surface area contributed by atoms with Crippen molar-refractivity contribution in [3.63, 3.8) is 0 Å². The average Bonchev–Trinajstić information content (AvgIpc) is 3.62. The first-order chi connectivity index (χ1) is 17.4. The van der Waals surface area contributed by atoms with Crippen molar-refractivity contribution in [3.8, 4) is 5.75 Å². The van der Waals surface area contributed by atoms with Gasteiger partial charge in [0, 0.05) is 35.8 Å². The number of methoxy groups -OCH3 is 1. The van der Waals surface area contributed by atoms with Crippen LogP contribution in [0.25, 0.3) is 10.9 Å². The molecule has 1 amide bonds. The number of aliphatic hydroxyl groups excluding tert-OH is 1. The summed E-state index contributed by atoms with van der Waals surface area (Å²) in [6, 6.07) is 13.2. The van der Waals surface area contributed by atoms with E-state index < -0.39 is 28.4 Å². The number of carbonyl (C=O) groups is 2. The van der Waals surface area contributed by atoms with Crippen molar-refractivity contribution in [3.05, 3.63) is 105 Å². The predicted molar refractivity (Wildman–Crippen MR) is 129 cm³/mol. The summed E-state index contributed by atoms with van der Waals surface area (Å²) < 4.78 is 10.5. The van der Waals surface area contributed by atoms with Gasteiger partial charge in [0.05, 0.1) is 29.9 Å². The summed E-state index contributed by atoms with van der Waals surface area (Å²) in [6.45, 7) is 0.134. The molecule has 1 unspecified atom stereocenters. The molecule has 36 heavy (non-hydrogen) atoms. The number of nitro benzene ring substituents is 1. The summed E-state index contributed by atoms with van der Waals surface area (Å²) in [7, 11) is 1.58. The highest BCUT2D eigenvalue weighted by Crippen LogP contribution is 2.40. The van der Waals surface area contributed by atoms with Gasteiger partial charge in [-0.1, -0.05) is 12.1 Å². The lowest BCUT2D eigenvalue weighted by atomic mass is 9.94. The number of aromatic amines is 1. The van der Waals surface area contributed by atoms with Crippen molar-refractivity contribution in [2.24, 2.45) is 0 Å². The third-order valence-corrected chi connectivity index (χ3v) is 6.29. The van der Waals surface area contributed by atoms with Crippen molar-refractivity contribution >= 4 is 28.3 Å². The molecule has 0 aliphatic carbocycles. The van der Waals surface area contributed by atoms with E-state index in [2.05, 4.69) is 4.98 Å². The van der Waals surface area contributed by atoms with Crippen molar-refractivity contribution in [1.29, 1.82) is 0 Å². The zero-order valence-corrected chi connectivity index (χ0v) is 19.1. The monoisotopic (exact) mass is 487 g/mol. The van der Waals surface area contributed by atoms with Gasteiger partial charge in [-0.15, -0.1) is 0 Å². The number of hydrogen-bond donors (Lipinski definition) is 2. The van der Waals surface area contributed by atoms with E-state index in [1.165, 1.54) is 41.5 Å². The number of fused-ring (bicyclic) bond motifs is 1. The lowest BCUT2D eigenvalue weighted by molar-refractivity contribution is -0.384. The largest absolute Gasteiger partial charge is 0.503 e. The number of ether oxygens (including phenoxy) is 1. The molecule has 0 saturated heterocycles. The van der Waals surface area contributed by atoms with Crippen LogP contribution in [0.3, 0.4) is 0 Å². The maximum atomic E-state index is 13.2. The van der Waals surface area contributed by atoms with Gasteiger partial charge in [0.2, 0.25) is 5.78 Å². The zero-order chi connectivity index (χ0) is 25.4. The van der Waals surface area contributed by atoms with Gasteiger partial charge in [-0.25, -0.2) is 0 Å². The number of Topliss-reactive ketones (excluding diaryl/α,β-unsaturated/α-hetero) is 1. The first-order valence-corrected chi connectivity index (χ1v) is 11.1. The maximum absolute atomic E-state index is 13.2. The number of nitro groups is 1. The molecule has 10 nitrogen and oxygen atoms in total. The number of H-pyrrole nitrogens is 1. The van der Waals surface area contributed by atoms with Crippen LogP contribution >= 0.6 is 0 Å². The zero-order valence-electron chi connectivity index (χ0n) is 19.1. The molecule has 4 aromatic rings. The highest BCUT2D eigenvalue weighted by Gasteiger charge is 2.44. The van der Waals surface area contributed by atoms with E-state index >= 15 is 0 Å². The number of nitrogens with zero attached hydrogens (tertiary/aromatic N) is 2. The van der Waals surface area contributed by atoms with Crippen LogP contribution in [0.15, 0.2) is 82.8 Å². The van der Waals surface area contributed by atoms with Crippen LogP contribution in [0.4, 0.5) is 5.69 Å². The quantitative estimate of drug-likeness (QED) is 0.212. The Morgan fingerprint density at radius 2 is 2.06 bits per heavy atom. The first kappa shape index (κ1) is 22.9. The van der Waals surface area contributed by atoms with Crippen LogP contribution in [-0.4, -0.2) is 45.3 Å². The lowest BCUT2D eigenvalue weighted by Crippen LogP contribution is -2.33. The second-order valence-electron chi connectivity index (χ2n) is 8.30. The van der Waals surface area contributed by atoms with Gasteiger partial charge in [-0.2, -0.15) is 0 Å². The molecule has 3 heterocycles. The number of amides is 1. The third kappa shape index (κ3) is 3.88. The topological polar surface area (TPSA) is 139 Å². The van der Waals surface area contributed by atoms with Crippen molar-refractivity contribution in [2.45, 2.75) is 12.5 Å². The van der Waals surface area contributed by atoms with Crippen LogP contribution in [0.5, 0.6) is 5.75 Å². The van der Waals surface area contributed by atoms with Gasteiger partial charge in [0.15, 0.2) is 11.5 Å². The van der Waals surface area contributed by atoms with E-state index in [0.29, 0.717) is 17.7 Å². The Morgan fingerprint density at radius 3 is 2.78 bits per heavy atom. The molecule has 0 saturated carbocycles. The van der Waals surface area contributed by atoms with E-state index in [4.69, 9.17) is 9.15 Å². The van der Waals surface area contributed by atoms with E-state index in [1.807, 2.05) is 24.4 Å². The molecule has 2 N–H and O–H groups in total. The summed E-state index contributed by atoms with van der Waals surface area (Å²) in [5.74, 6) is -1.47. The minimum Gasteiger partial charge on any atom is -0.503 e. The molecule has 0 radical (unpaired) electrons. The second-order valence-corrected chi connectivity index (χ2v) is 8.30. The molecule has 182 valence electrons. The number of rotatable bonds is 8. The van der Waals surface area contributed by atoms with Gasteiger partial charge >= 0.3 is 0 Å². The van der Waals surface area contributed by atoms with Crippen molar-refractivity contribution in [1.82, 2.24) is 9.88 Å². The second kappa shape index (κ2) is 9.06. The number of non-ortho nitro benzene ring substituents is 1. The van der Waals surface area contributed by atoms with Crippen molar-refractivity contribution < 1.29 is 28.8 Å². The molecule has 2 aromatic heterocycles. The first-order valence-electron chi connectivity index (χ1n) is 11.1. The average molecular weight is 487 g/mol. The molecule has 0 spiro atoms. The Bertz CT molecular complexity index is 1520. The molecule has 0 bridgehead atoms. The fourth-order valence-electron chi connectivity index (χ4n) is 4.54. The Hall–Kier alpha value is -4.86. The normalized spacial score (nSPS) is 15.6. The van der Waals surface area contributed by atoms with Gasteiger partial charge in [-0.05, 0) is 47.9 Å². The number of aromatic nitrogens is 1. The van der Waals surface area contributed by atoms with Gasteiger partial charge < -0.3 is 24.1 Å². The highest BCUT2D eigenvalue weighted by atomic mass is 16.6. The summed E-state index contributed by atoms with van der Waals surface area (Å²) >= 11 is 0. The van der Waals surface area contributed by atoms with Crippen molar-refractivity contribution in [2.75, 3.05) is 13.7 Å². The molecule has 0 fully saturated rings. The van der Waals surface area contributed by atoms with E-state index in [1.54, 1.807) is 13.2 Å². The molecular formula is C26H21N3O7. The number of furan rings is 1. The Balaban J connectivity index is 1.53. The smallest absolute Gasteiger partial charge is 0.290 e. The fourth-order valence-corrected chi connectivity index (χ4v) is 4.54. The van der Waals surface area contributed by atoms with Crippen LogP contribution in [0, 0.1) is 10.1 Å². The van der Waals surface area contributed by atoms with Crippen LogP contribution in [0.2, 0.25) is 0 Å². The predicted octanol–water partition coefficient (Wildman–Crippen LogP) is 4.50. The van der Waals surface area contributed by atoms with Crippen LogP contribution in [0.1, 0.15) is 27.7 Å². The molecule has 10 heteroatoms. The summed E-state index contributed by atoms with van der Waals surface area (Å²) in [4.78, 5) is 41.8. The molecule has 1 atom stereocenters. The van der Waals surface area contributed by atoms with Gasteiger partial charge in [-0.3, -0.25) is 19.7 Å². The standard InChI is InChI=1S/C26H21N3O7/c1-35-18-7-8-20-19(13-18)16(14-27-20)9-10-28-23(15-4-2-5-17(12-15)29(33)34)22(25(31)26(28)32)24(30)21-6-3-11-36-21/h2-8,11-14,23,27,31H,9-10H2,1H3. The number of hydrogen-bond acceptors (Lipinski definition) is 7. The summed E-state index contributed by atoms with van der Waals surface area (Å²) in [5.41, 5.74) is 1.75. The van der Waals surface area contributed by atoms with E-state index in [9.17, 15) is 24.8 Å². The lowest BCUT2D eigenvalue weighted by Gasteiger charge is -2.26. The number of benzene rings is 2. The minimum absolute atomic E-state index is 0.0506. The molecule has 1 aliphatic heterocycles. The molecular weight excluding hydrogens is 466 g/mol. The van der Waals surface area contributed by atoms with E-state index in [0.717, 1.165) is 16.5 Å². The maximum Gasteiger partial charge on any atom is 0.290 e.